The van der Waals surface area contributed by atoms with E-state index in [2.05, 4.69) is 24.5 Å². The number of carbonyl (C=O) groups is 2. The van der Waals surface area contributed by atoms with Gasteiger partial charge in [0.25, 0.3) is 0 Å². The first-order valence-corrected chi connectivity index (χ1v) is 7.74. The van der Waals surface area contributed by atoms with Crippen LogP contribution in [0.5, 0.6) is 5.75 Å². The Hall–Kier alpha value is -2.04. The lowest BCUT2D eigenvalue weighted by Crippen LogP contribution is -2.28. The van der Waals surface area contributed by atoms with Crippen molar-refractivity contribution >= 4 is 17.5 Å². The molecule has 2 N–H and O–H groups in total. The fourth-order valence-electron chi connectivity index (χ4n) is 2.36. The van der Waals surface area contributed by atoms with Gasteiger partial charge in [-0.1, -0.05) is 26.0 Å². The van der Waals surface area contributed by atoms with Gasteiger partial charge in [-0.05, 0) is 30.9 Å². The van der Waals surface area contributed by atoms with Gasteiger partial charge in [0.15, 0.2) is 0 Å². The summed E-state index contributed by atoms with van der Waals surface area (Å²) in [5.74, 6) is 0.624. The molecule has 2 atom stereocenters. The number of amides is 2. The zero-order valence-corrected chi connectivity index (χ0v) is 13.4. The molecule has 5 heteroatoms. The van der Waals surface area contributed by atoms with E-state index in [9.17, 15) is 9.59 Å². The molecule has 0 aromatic heterocycles. The van der Waals surface area contributed by atoms with Gasteiger partial charge < -0.3 is 15.4 Å². The number of para-hydroxylation sites is 2. The quantitative estimate of drug-likeness (QED) is 0.813. The van der Waals surface area contributed by atoms with Gasteiger partial charge in [0, 0.05) is 6.54 Å². The summed E-state index contributed by atoms with van der Waals surface area (Å²) < 4.78 is 5.20. The molecule has 5 nitrogen and oxygen atoms in total. The number of hydrogen-bond donors (Lipinski definition) is 2. The number of carbonyl (C=O) groups excluding carboxylic acids is 2. The van der Waals surface area contributed by atoms with Crippen molar-refractivity contribution in [2.75, 3.05) is 19.0 Å². The number of ether oxygens (including phenoxy) is 1. The van der Waals surface area contributed by atoms with Crippen LogP contribution in [0.2, 0.25) is 0 Å². The average molecular weight is 304 g/mol. The molecule has 0 spiro atoms. The standard InChI is InChI=1S/C17H24N2O3/c1-11(2)8-9-18-16(20)12-10-13(12)17(21)19-14-6-4-5-7-15(14)22-3/h4-7,11-13H,8-10H2,1-3H3,(H,18,20)(H,19,21). The Morgan fingerprint density at radius 3 is 2.59 bits per heavy atom. The van der Waals surface area contributed by atoms with E-state index >= 15 is 0 Å². The minimum atomic E-state index is -0.232. The van der Waals surface area contributed by atoms with Gasteiger partial charge >= 0.3 is 0 Å². The van der Waals surface area contributed by atoms with Gasteiger partial charge in [0.05, 0.1) is 24.6 Å². The summed E-state index contributed by atoms with van der Waals surface area (Å²) in [4.78, 5) is 24.2. The third kappa shape index (κ3) is 4.23. The lowest BCUT2D eigenvalue weighted by molar-refractivity contribution is -0.125. The fourth-order valence-corrected chi connectivity index (χ4v) is 2.36. The summed E-state index contributed by atoms with van der Waals surface area (Å²) in [6.45, 7) is 4.91. The molecule has 1 saturated carbocycles. The molecule has 1 aromatic rings. The Morgan fingerprint density at radius 2 is 1.91 bits per heavy atom. The second-order valence-corrected chi connectivity index (χ2v) is 6.11. The van der Waals surface area contributed by atoms with Crippen molar-refractivity contribution in [2.24, 2.45) is 17.8 Å². The van der Waals surface area contributed by atoms with Crippen LogP contribution in [-0.2, 0) is 9.59 Å². The van der Waals surface area contributed by atoms with E-state index in [1.165, 1.54) is 0 Å². The van der Waals surface area contributed by atoms with Crippen LogP contribution < -0.4 is 15.4 Å². The third-order valence-corrected chi connectivity index (χ3v) is 3.85. The summed E-state index contributed by atoms with van der Waals surface area (Å²) >= 11 is 0. The zero-order chi connectivity index (χ0) is 16.1. The van der Waals surface area contributed by atoms with Crippen LogP contribution in [0.3, 0.4) is 0 Å². The van der Waals surface area contributed by atoms with Crippen molar-refractivity contribution in [2.45, 2.75) is 26.7 Å². The number of benzene rings is 1. The Morgan fingerprint density at radius 1 is 1.23 bits per heavy atom. The number of hydrogen-bond acceptors (Lipinski definition) is 3. The first kappa shape index (κ1) is 16.3. The van der Waals surface area contributed by atoms with E-state index in [1.54, 1.807) is 19.2 Å². The van der Waals surface area contributed by atoms with Crippen LogP contribution in [0.4, 0.5) is 5.69 Å². The molecule has 2 amide bonds. The van der Waals surface area contributed by atoms with E-state index in [-0.39, 0.29) is 23.7 Å². The van der Waals surface area contributed by atoms with E-state index in [4.69, 9.17) is 4.74 Å². The van der Waals surface area contributed by atoms with Crippen LogP contribution in [-0.4, -0.2) is 25.5 Å². The molecule has 1 fully saturated rings. The highest BCUT2D eigenvalue weighted by molar-refractivity contribution is 6.00. The highest BCUT2D eigenvalue weighted by Crippen LogP contribution is 2.40. The molecule has 0 saturated heterocycles. The molecular weight excluding hydrogens is 280 g/mol. The second-order valence-electron chi connectivity index (χ2n) is 6.11. The van der Waals surface area contributed by atoms with Gasteiger partial charge in [-0.3, -0.25) is 9.59 Å². The van der Waals surface area contributed by atoms with Crippen molar-refractivity contribution in [3.63, 3.8) is 0 Å². The first-order chi connectivity index (χ1) is 10.5. The maximum absolute atomic E-state index is 12.2. The summed E-state index contributed by atoms with van der Waals surface area (Å²) in [6.07, 6.45) is 1.57. The fraction of sp³-hybridized carbons (Fsp3) is 0.529. The monoisotopic (exact) mass is 304 g/mol. The third-order valence-electron chi connectivity index (χ3n) is 3.85. The van der Waals surface area contributed by atoms with Crippen LogP contribution in [0.15, 0.2) is 24.3 Å². The minimum absolute atomic E-state index is 0.0131. The lowest BCUT2D eigenvalue weighted by Gasteiger charge is -2.10. The van der Waals surface area contributed by atoms with Gasteiger partial charge in [-0.2, -0.15) is 0 Å². The van der Waals surface area contributed by atoms with Crippen LogP contribution in [0.25, 0.3) is 0 Å². The highest BCUT2D eigenvalue weighted by atomic mass is 16.5. The van der Waals surface area contributed by atoms with Crippen molar-refractivity contribution in [3.8, 4) is 5.75 Å². The Balaban J connectivity index is 1.82. The maximum atomic E-state index is 12.2. The van der Waals surface area contributed by atoms with Gasteiger partial charge in [-0.15, -0.1) is 0 Å². The van der Waals surface area contributed by atoms with Gasteiger partial charge in [0.2, 0.25) is 11.8 Å². The van der Waals surface area contributed by atoms with Gasteiger partial charge in [-0.25, -0.2) is 0 Å². The van der Waals surface area contributed by atoms with E-state index in [0.717, 1.165) is 6.42 Å². The number of methoxy groups -OCH3 is 1. The Bertz CT molecular complexity index is 542. The SMILES string of the molecule is COc1ccccc1NC(=O)C1CC1C(=O)NCCC(C)C. The molecule has 0 bridgehead atoms. The predicted molar refractivity (Wildman–Crippen MR) is 85.7 cm³/mol. The Labute approximate surface area is 131 Å². The lowest BCUT2D eigenvalue weighted by atomic mass is 10.1. The van der Waals surface area contributed by atoms with Crippen molar-refractivity contribution in [3.05, 3.63) is 24.3 Å². The maximum Gasteiger partial charge on any atom is 0.228 e. The number of rotatable bonds is 7. The molecule has 22 heavy (non-hydrogen) atoms. The molecule has 1 aliphatic carbocycles. The zero-order valence-electron chi connectivity index (χ0n) is 13.4. The van der Waals surface area contributed by atoms with Crippen LogP contribution >= 0.6 is 0 Å². The summed E-state index contributed by atoms with van der Waals surface area (Å²) in [6, 6.07) is 7.26. The summed E-state index contributed by atoms with van der Waals surface area (Å²) in [7, 11) is 1.56. The molecule has 0 aliphatic heterocycles. The van der Waals surface area contributed by atoms with E-state index in [1.807, 2.05) is 12.1 Å². The molecule has 2 unspecified atom stereocenters. The highest BCUT2D eigenvalue weighted by Gasteiger charge is 2.48. The minimum Gasteiger partial charge on any atom is -0.495 e. The van der Waals surface area contributed by atoms with Crippen molar-refractivity contribution < 1.29 is 14.3 Å². The van der Waals surface area contributed by atoms with E-state index in [0.29, 0.717) is 30.3 Å². The first-order valence-electron chi connectivity index (χ1n) is 7.74. The molecular formula is C17H24N2O3. The average Bonchev–Trinajstić information content (AvgIpc) is 3.28. The largest absolute Gasteiger partial charge is 0.495 e. The Kier molecular flexibility index (Phi) is 5.41. The number of anilines is 1. The van der Waals surface area contributed by atoms with E-state index < -0.39 is 0 Å². The van der Waals surface area contributed by atoms with Crippen LogP contribution in [0.1, 0.15) is 26.7 Å². The molecule has 2 rings (SSSR count). The summed E-state index contributed by atoms with van der Waals surface area (Å²) in [5, 5.41) is 5.74. The summed E-state index contributed by atoms with van der Waals surface area (Å²) in [5.41, 5.74) is 0.640. The molecule has 120 valence electrons. The second kappa shape index (κ2) is 7.29. The molecule has 0 heterocycles. The number of nitrogens with one attached hydrogen (secondary N) is 2. The molecule has 1 aliphatic rings. The predicted octanol–water partition coefficient (Wildman–Crippen LogP) is 2.43. The normalized spacial score (nSPS) is 19.6. The van der Waals surface area contributed by atoms with Crippen molar-refractivity contribution in [1.82, 2.24) is 5.32 Å². The molecule has 0 radical (unpaired) electrons. The van der Waals surface area contributed by atoms with Crippen LogP contribution in [0, 0.1) is 17.8 Å². The topological polar surface area (TPSA) is 67.4 Å². The molecule has 1 aromatic carbocycles. The smallest absolute Gasteiger partial charge is 0.228 e. The van der Waals surface area contributed by atoms with Gasteiger partial charge in [0.1, 0.15) is 5.75 Å². The van der Waals surface area contributed by atoms with Crippen molar-refractivity contribution in [1.29, 1.82) is 0 Å².